The molecule has 3 heterocycles. The van der Waals surface area contributed by atoms with Gasteiger partial charge in [-0.05, 0) is 52.6 Å². The fourth-order valence-corrected chi connectivity index (χ4v) is 5.85. The number of benzene rings is 4. The van der Waals surface area contributed by atoms with E-state index in [-0.39, 0.29) is 17.8 Å². The van der Waals surface area contributed by atoms with Crippen LogP contribution in [-0.4, -0.2) is 26.3 Å². The van der Waals surface area contributed by atoms with Crippen molar-refractivity contribution < 1.29 is 28.2 Å². The van der Waals surface area contributed by atoms with E-state index in [9.17, 15) is 9.59 Å². The highest BCUT2D eigenvalue weighted by Crippen LogP contribution is 2.44. The van der Waals surface area contributed by atoms with Gasteiger partial charge in [-0.3, -0.25) is 9.59 Å². The summed E-state index contributed by atoms with van der Waals surface area (Å²) in [4.78, 5) is 26.2. The smallest absolute Gasteiger partial charge is 0.312 e. The lowest BCUT2D eigenvalue weighted by atomic mass is 9.85. The van der Waals surface area contributed by atoms with Gasteiger partial charge in [-0.2, -0.15) is 0 Å². The van der Waals surface area contributed by atoms with Crippen LogP contribution in [0.15, 0.2) is 94.3 Å². The van der Waals surface area contributed by atoms with Crippen molar-refractivity contribution >= 4 is 16.9 Å². The third-order valence-electron chi connectivity index (χ3n) is 7.96. The predicted octanol–water partition coefficient (Wildman–Crippen LogP) is 6.47. The lowest BCUT2D eigenvalue weighted by molar-refractivity contribution is -0.135. The number of rotatable bonds is 7. The molecular weight excluding hydrogens is 532 g/mol. The molecule has 4 aromatic carbocycles. The van der Waals surface area contributed by atoms with Crippen molar-refractivity contribution in [3.8, 4) is 34.1 Å². The van der Waals surface area contributed by atoms with Crippen molar-refractivity contribution in [2.75, 3.05) is 20.3 Å². The summed E-state index contributed by atoms with van der Waals surface area (Å²) < 4.78 is 29.2. The molecule has 0 spiro atoms. The van der Waals surface area contributed by atoms with E-state index in [2.05, 4.69) is 12.1 Å². The van der Waals surface area contributed by atoms with Gasteiger partial charge in [-0.15, -0.1) is 0 Å². The first-order valence-electron chi connectivity index (χ1n) is 14.0. The summed E-state index contributed by atoms with van der Waals surface area (Å²) in [5.74, 6) is 1.76. The zero-order valence-electron chi connectivity index (χ0n) is 23.1. The molecule has 42 heavy (non-hydrogen) atoms. The molecule has 0 radical (unpaired) electrons. The maximum absolute atomic E-state index is 13.5. The standard InChI is InChI=1S/C35H28O7/c1-38-29-11-8-23(18-31(29)40-15-13-21-7-10-28-24(17-21)14-16-39-28)26-19-32(36)42-30-12-9-25-34(37)27(20-41-35(25)33(26)30)22-5-3-2-4-6-22/h2-12,17-18,20,26H,13-16,19H2,1H3. The van der Waals surface area contributed by atoms with E-state index in [1.165, 1.54) is 17.4 Å². The van der Waals surface area contributed by atoms with E-state index in [0.29, 0.717) is 46.0 Å². The Hall–Kier alpha value is -5.04. The van der Waals surface area contributed by atoms with E-state index >= 15 is 0 Å². The topological polar surface area (TPSA) is 84.2 Å². The van der Waals surface area contributed by atoms with E-state index in [1.807, 2.05) is 54.6 Å². The van der Waals surface area contributed by atoms with Crippen LogP contribution in [-0.2, 0) is 17.6 Å². The Morgan fingerprint density at radius 1 is 0.905 bits per heavy atom. The summed E-state index contributed by atoms with van der Waals surface area (Å²) in [6, 6.07) is 24.7. The van der Waals surface area contributed by atoms with Crippen molar-refractivity contribution in [3.63, 3.8) is 0 Å². The van der Waals surface area contributed by atoms with E-state index in [4.69, 9.17) is 23.4 Å². The lowest BCUT2D eigenvalue weighted by Crippen LogP contribution is -2.22. The molecule has 1 atom stereocenters. The van der Waals surface area contributed by atoms with Crippen LogP contribution in [0.3, 0.4) is 0 Å². The lowest BCUT2D eigenvalue weighted by Gasteiger charge is -2.26. The quantitative estimate of drug-likeness (QED) is 0.167. The molecule has 0 saturated heterocycles. The Balaban J connectivity index is 1.22. The molecule has 0 saturated carbocycles. The first kappa shape index (κ1) is 25.9. The van der Waals surface area contributed by atoms with Gasteiger partial charge in [0.25, 0.3) is 0 Å². The Morgan fingerprint density at radius 2 is 1.76 bits per heavy atom. The fraction of sp³-hybridized carbons (Fsp3) is 0.200. The highest BCUT2D eigenvalue weighted by molar-refractivity contribution is 5.90. The summed E-state index contributed by atoms with van der Waals surface area (Å²) in [7, 11) is 1.60. The number of carbonyl (C=O) groups excluding carboxylic acids is 1. The third kappa shape index (κ3) is 4.67. The third-order valence-corrected chi connectivity index (χ3v) is 7.96. The second-order valence-electron chi connectivity index (χ2n) is 10.5. The van der Waals surface area contributed by atoms with Crippen LogP contribution >= 0.6 is 0 Å². The van der Waals surface area contributed by atoms with E-state index < -0.39 is 5.92 Å². The number of methoxy groups -OCH3 is 1. The van der Waals surface area contributed by atoms with Gasteiger partial charge >= 0.3 is 5.97 Å². The van der Waals surface area contributed by atoms with Crippen LogP contribution in [0.5, 0.6) is 23.0 Å². The van der Waals surface area contributed by atoms with Crippen LogP contribution in [0.2, 0.25) is 0 Å². The van der Waals surface area contributed by atoms with Gasteiger partial charge in [0.05, 0.1) is 37.7 Å². The molecule has 0 fully saturated rings. The predicted molar refractivity (Wildman–Crippen MR) is 158 cm³/mol. The van der Waals surface area contributed by atoms with Crippen LogP contribution in [0.25, 0.3) is 22.1 Å². The summed E-state index contributed by atoms with van der Waals surface area (Å²) in [6.45, 7) is 1.17. The second kappa shape index (κ2) is 10.7. The summed E-state index contributed by atoms with van der Waals surface area (Å²) >= 11 is 0. The molecule has 1 aromatic heterocycles. The molecular formula is C35H28O7. The van der Waals surface area contributed by atoms with Gasteiger partial charge in [0, 0.05) is 24.3 Å². The SMILES string of the molecule is COc1ccc(C2CC(=O)Oc3ccc4c(=O)c(-c5ccccc5)coc4c32)cc1OCCc1ccc2c(c1)CCO2. The molecule has 0 bridgehead atoms. The minimum Gasteiger partial charge on any atom is -0.493 e. The average molecular weight is 561 g/mol. The van der Waals surface area contributed by atoms with Gasteiger partial charge in [0.15, 0.2) is 11.5 Å². The summed E-state index contributed by atoms with van der Waals surface area (Å²) in [5.41, 5.74) is 5.43. The Bertz CT molecular complexity index is 1870. The fourth-order valence-electron chi connectivity index (χ4n) is 5.85. The molecule has 0 N–H and O–H groups in total. The van der Waals surface area contributed by atoms with Crippen molar-refractivity contribution in [1.82, 2.24) is 0 Å². The number of esters is 1. The summed E-state index contributed by atoms with van der Waals surface area (Å²) in [6.07, 6.45) is 3.23. The molecule has 5 aromatic rings. The molecule has 7 rings (SSSR count). The molecule has 0 amide bonds. The number of carbonyl (C=O) groups is 1. The highest BCUT2D eigenvalue weighted by atomic mass is 16.5. The second-order valence-corrected chi connectivity index (χ2v) is 10.5. The normalized spacial score (nSPS) is 15.5. The van der Waals surface area contributed by atoms with Crippen LogP contribution in [0.1, 0.15) is 34.6 Å². The van der Waals surface area contributed by atoms with Crippen LogP contribution in [0.4, 0.5) is 0 Å². The largest absolute Gasteiger partial charge is 0.493 e. The highest BCUT2D eigenvalue weighted by Gasteiger charge is 2.33. The minimum absolute atomic E-state index is 0.0965. The van der Waals surface area contributed by atoms with Crippen molar-refractivity contribution in [1.29, 1.82) is 0 Å². The van der Waals surface area contributed by atoms with Crippen LogP contribution in [0, 0.1) is 0 Å². The zero-order valence-corrected chi connectivity index (χ0v) is 23.1. The Labute approximate surface area is 242 Å². The maximum Gasteiger partial charge on any atom is 0.312 e. The maximum atomic E-state index is 13.5. The first-order chi connectivity index (χ1) is 20.6. The van der Waals surface area contributed by atoms with Crippen molar-refractivity contribution in [3.05, 3.63) is 118 Å². The van der Waals surface area contributed by atoms with Gasteiger partial charge < -0.3 is 23.4 Å². The van der Waals surface area contributed by atoms with Gasteiger partial charge in [0.1, 0.15) is 23.3 Å². The Kier molecular flexibility index (Phi) is 6.62. The van der Waals surface area contributed by atoms with E-state index in [1.54, 1.807) is 19.2 Å². The Morgan fingerprint density at radius 3 is 2.62 bits per heavy atom. The van der Waals surface area contributed by atoms with Crippen molar-refractivity contribution in [2.24, 2.45) is 0 Å². The number of fused-ring (bicyclic) bond motifs is 4. The molecule has 0 aliphatic carbocycles. The molecule has 1 unspecified atom stereocenters. The molecule has 7 heteroatoms. The molecule has 210 valence electrons. The van der Waals surface area contributed by atoms with Gasteiger partial charge in [-0.25, -0.2) is 0 Å². The van der Waals surface area contributed by atoms with Crippen molar-refractivity contribution in [2.45, 2.75) is 25.2 Å². The number of ether oxygens (including phenoxy) is 4. The molecule has 7 nitrogen and oxygen atoms in total. The minimum atomic E-state index is -0.402. The zero-order chi connectivity index (χ0) is 28.6. The van der Waals surface area contributed by atoms with Gasteiger partial charge in [-0.1, -0.05) is 48.5 Å². The van der Waals surface area contributed by atoms with Gasteiger partial charge in [0.2, 0.25) is 5.43 Å². The van der Waals surface area contributed by atoms with Crippen LogP contribution < -0.4 is 24.4 Å². The number of hydrogen-bond donors (Lipinski definition) is 0. The first-order valence-corrected chi connectivity index (χ1v) is 14.0. The average Bonchev–Trinajstić information content (AvgIpc) is 3.49. The monoisotopic (exact) mass is 560 g/mol. The summed E-state index contributed by atoms with van der Waals surface area (Å²) in [5, 5.41) is 0.433. The molecule has 2 aliphatic heterocycles. The number of hydrogen-bond acceptors (Lipinski definition) is 7. The molecule has 2 aliphatic rings. The van der Waals surface area contributed by atoms with E-state index in [0.717, 1.165) is 36.3 Å².